The van der Waals surface area contributed by atoms with Crippen LogP contribution in [0.3, 0.4) is 0 Å². The lowest BCUT2D eigenvalue weighted by Gasteiger charge is -2.13. The molecular weight excluding hydrogens is 227 g/mol. The van der Waals surface area contributed by atoms with Crippen LogP contribution < -0.4 is 4.90 Å². The molecule has 1 aromatic carbocycles. The average molecular weight is 238 g/mol. The van der Waals surface area contributed by atoms with Crippen LogP contribution in [0.2, 0.25) is 0 Å². The molecule has 1 heterocycles. The van der Waals surface area contributed by atoms with Crippen molar-refractivity contribution >= 4 is 16.7 Å². The first kappa shape index (κ1) is 10.9. The lowest BCUT2D eigenvalue weighted by Crippen LogP contribution is -2.20. The van der Waals surface area contributed by atoms with Crippen LogP contribution in [0, 0.1) is 5.82 Å². The summed E-state index contributed by atoms with van der Waals surface area (Å²) in [5, 5.41) is 8.16. The molecule has 0 spiro atoms. The van der Waals surface area contributed by atoms with E-state index in [0.717, 1.165) is 23.7 Å². The van der Waals surface area contributed by atoms with Crippen molar-refractivity contribution in [3.05, 3.63) is 35.6 Å². The minimum atomic E-state index is -0.197. The van der Waals surface area contributed by atoms with E-state index in [4.69, 9.17) is 0 Å². The van der Waals surface area contributed by atoms with E-state index < -0.39 is 0 Å². The zero-order valence-corrected chi connectivity index (χ0v) is 9.62. The van der Waals surface area contributed by atoms with Crippen LogP contribution in [-0.4, -0.2) is 28.4 Å². The Balaban J connectivity index is 1.92. The van der Waals surface area contributed by atoms with Gasteiger partial charge in [0.2, 0.25) is 5.13 Å². The highest BCUT2D eigenvalue weighted by Crippen LogP contribution is 2.12. The molecule has 2 aromatic rings. The Morgan fingerprint density at radius 1 is 1.44 bits per heavy atom. The molecular formula is C10H11FN4S. The van der Waals surface area contributed by atoms with Crippen LogP contribution in [0.4, 0.5) is 9.52 Å². The van der Waals surface area contributed by atoms with E-state index >= 15 is 0 Å². The zero-order valence-electron chi connectivity index (χ0n) is 8.80. The van der Waals surface area contributed by atoms with Crippen molar-refractivity contribution in [3.63, 3.8) is 0 Å². The Kier molecular flexibility index (Phi) is 3.40. The molecule has 0 bridgehead atoms. The van der Waals surface area contributed by atoms with Gasteiger partial charge in [-0.3, -0.25) is 0 Å². The van der Waals surface area contributed by atoms with Gasteiger partial charge in [-0.2, -0.15) is 0 Å². The molecule has 4 nitrogen and oxygen atoms in total. The maximum Gasteiger partial charge on any atom is 0.227 e. The summed E-state index contributed by atoms with van der Waals surface area (Å²) < 4.78 is 16.6. The second-order valence-electron chi connectivity index (χ2n) is 3.45. The van der Waals surface area contributed by atoms with Crippen molar-refractivity contribution in [1.82, 2.24) is 14.8 Å². The molecule has 16 heavy (non-hydrogen) atoms. The summed E-state index contributed by atoms with van der Waals surface area (Å²) in [7, 11) is 1.92. The van der Waals surface area contributed by atoms with Gasteiger partial charge in [0.05, 0.1) is 0 Å². The molecule has 0 saturated heterocycles. The quantitative estimate of drug-likeness (QED) is 0.813. The summed E-state index contributed by atoms with van der Waals surface area (Å²) in [4.78, 5) is 1.95. The average Bonchev–Trinajstić information content (AvgIpc) is 2.79. The normalized spacial score (nSPS) is 10.4. The second kappa shape index (κ2) is 4.98. The molecule has 0 aliphatic carbocycles. The van der Waals surface area contributed by atoms with Crippen molar-refractivity contribution in [2.45, 2.75) is 6.42 Å². The van der Waals surface area contributed by atoms with Crippen LogP contribution in [-0.2, 0) is 6.42 Å². The number of halogens is 1. The highest BCUT2D eigenvalue weighted by molar-refractivity contribution is 7.09. The Labute approximate surface area is 96.9 Å². The summed E-state index contributed by atoms with van der Waals surface area (Å²) in [5.41, 5.74) is 0.976. The van der Waals surface area contributed by atoms with Gasteiger partial charge in [0.15, 0.2) is 0 Å². The molecule has 0 fully saturated rings. The van der Waals surface area contributed by atoms with Gasteiger partial charge in [0.25, 0.3) is 0 Å². The van der Waals surface area contributed by atoms with E-state index in [2.05, 4.69) is 14.8 Å². The van der Waals surface area contributed by atoms with Crippen LogP contribution >= 0.6 is 11.5 Å². The van der Waals surface area contributed by atoms with E-state index in [9.17, 15) is 4.39 Å². The third-order valence-corrected chi connectivity index (χ3v) is 2.95. The van der Waals surface area contributed by atoms with Gasteiger partial charge >= 0.3 is 0 Å². The van der Waals surface area contributed by atoms with E-state index in [1.54, 1.807) is 12.1 Å². The Morgan fingerprint density at radius 2 is 2.31 bits per heavy atom. The van der Waals surface area contributed by atoms with E-state index in [1.807, 2.05) is 18.0 Å². The molecule has 0 aliphatic rings. The van der Waals surface area contributed by atoms with Gasteiger partial charge in [0, 0.05) is 25.1 Å². The predicted molar refractivity (Wildman–Crippen MR) is 61.1 cm³/mol. The minimum Gasteiger partial charge on any atom is -0.348 e. The monoisotopic (exact) mass is 238 g/mol. The van der Waals surface area contributed by atoms with Crippen molar-refractivity contribution in [1.29, 1.82) is 0 Å². The predicted octanol–water partition coefficient (Wildman–Crippen LogP) is 1.75. The van der Waals surface area contributed by atoms with Crippen molar-refractivity contribution in [2.75, 3.05) is 18.5 Å². The van der Waals surface area contributed by atoms with Gasteiger partial charge in [0.1, 0.15) is 5.82 Å². The third-order valence-electron chi connectivity index (χ3n) is 2.24. The Hall–Kier alpha value is -1.56. The number of rotatable bonds is 4. The molecule has 2 rings (SSSR count). The van der Waals surface area contributed by atoms with Crippen molar-refractivity contribution in [3.8, 4) is 0 Å². The molecule has 0 radical (unpaired) electrons. The number of hydrogen-bond donors (Lipinski definition) is 0. The third kappa shape index (κ3) is 2.73. The maximum absolute atomic E-state index is 12.9. The molecule has 0 saturated carbocycles. The highest BCUT2D eigenvalue weighted by atomic mass is 32.1. The Morgan fingerprint density at radius 3 is 3.00 bits per heavy atom. The standard InChI is InChI=1S/C10H11FN4S/c1-15(10-12-13-14-16-10)6-5-8-3-2-4-9(11)7-8/h2-4,7H,5-6H2,1H3. The van der Waals surface area contributed by atoms with Gasteiger partial charge < -0.3 is 4.90 Å². The van der Waals surface area contributed by atoms with Crippen molar-refractivity contribution < 1.29 is 4.39 Å². The lowest BCUT2D eigenvalue weighted by molar-refractivity contribution is 0.625. The summed E-state index contributed by atoms with van der Waals surface area (Å²) in [5.74, 6) is -0.197. The fourth-order valence-corrected chi connectivity index (χ4v) is 1.81. The number of nitrogens with zero attached hydrogens (tertiary/aromatic N) is 4. The molecule has 0 amide bonds. The second-order valence-corrected chi connectivity index (χ2v) is 4.16. The summed E-state index contributed by atoms with van der Waals surface area (Å²) >= 11 is 1.25. The number of anilines is 1. The lowest BCUT2D eigenvalue weighted by atomic mass is 10.1. The first-order valence-electron chi connectivity index (χ1n) is 4.86. The zero-order chi connectivity index (χ0) is 11.4. The number of likely N-dealkylation sites (N-methyl/N-ethyl adjacent to an activating group) is 1. The fourth-order valence-electron chi connectivity index (χ4n) is 1.36. The maximum atomic E-state index is 12.9. The fraction of sp³-hybridized carbons (Fsp3) is 0.300. The smallest absolute Gasteiger partial charge is 0.227 e. The van der Waals surface area contributed by atoms with Crippen LogP contribution in [0.25, 0.3) is 0 Å². The number of benzene rings is 1. The van der Waals surface area contributed by atoms with Crippen molar-refractivity contribution in [2.24, 2.45) is 0 Å². The summed E-state index contributed by atoms with van der Waals surface area (Å²) in [6, 6.07) is 6.63. The van der Waals surface area contributed by atoms with E-state index in [0.29, 0.717) is 0 Å². The van der Waals surface area contributed by atoms with Crippen LogP contribution in [0.15, 0.2) is 24.3 Å². The first-order valence-corrected chi connectivity index (χ1v) is 5.63. The van der Waals surface area contributed by atoms with Crippen LogP contribution in [0.5, 0.6) is 0 Å². The minimum absolute atomic E-state index is 0.197. The Bertz CT molecular complexity index is 446. The first-order chi connectivity index (χ1) is 7.75. The number of aromatic nitrogens is 3. The van der Waals surface area contributed by atoms with Gasteiger partial charge in [-0.15, -0.1) is 0 Å². The summed E-state index contributed by atoms with van der Waals surface area (Å²) in [6.07, 6.45) is 0.772. The molecule has 0 N–H and O–H groups in total. The van der Waals surface area contributed by atoms with E-state index in [1.165, 1.54) is 17.6 Å². The number of hydrogen-bond acceptors (Lipinski definition) is 5. The molecule has 0 atom stereocenters. The van der Waals surface area contributed by atoms with E-state index in [-0.39, 0.29) is 5.82 Å². The summed E-state index contributed by atoms with van der Waals surface area (Å²) in [6.45, 7) is 0.764. The van der Waals surface area contributed by atoms with Gasteiger partial charge in [-0.25, -0.2) is 4.39 Å². The topological polar surface area (TPSA) is 41.9 Å². The molecule has 0 unspecified atom stereocenters. The molecule has 84 valence electrons. The molecule has 6 heteroatoms. The SMILES string of the molecule is CN(CCc1cccc(F)c1)c1nnns1. The largest absolute Gasteiger partial charge is 0.348 e. The molecule has 1 aromatic heterocycles. The highest BCUT2D eigenvalue weighted by Gasteiger charge is 2.05. The van der Waals surface area contributed by atoms with Gasteiger partial charge in [-0.1, -0.05) is 21.7 Å². The van der Waals surface area contributed by atoms with Crippen LogP contribution in [0.1, 0.15) is 5.56 Å². The van der Waals surface area contributed by atoms with Gasteiger partial charge in [-0.05, 0) is 29.3 Å². The molecule has 0 aliphatic heterocycles.